The number of allylic oxidation sites excluding steroid dienone is 4. The highest BCUT2D eigenvalue weighted by atomic mass is 14.1. The molecule has 0 aromatic carbocycles. The predicted molar refractivity (Wildman–Crippen MR) is 68.7 cm³/mol. The zero-order valence-corrected chi connectivity index (χ0v) is 11.2. The molecule has 0 fully saturated rings. The SMILES string of the molecule is CC.CC1=CC(C)=C(C)CC1.CCC. The molecule has 0 aromatic heterocycles. The third-order valence-electron chi connectivity index (χ3n) is 2.03. The van der Waals surface area contributed by atoms with Crippen molar-refractivity contribution in [1.82, 2.24) is 0 Å². The van der Waals surface area contributed by atoms with Crippen molar-refractivity contribution in [3.05, 3.63) is 22.8 Å². The van der Waals surface area contributed by atoms with E-state index in [0.29, 0.717) is 0 Å². The lowest BCUT2D eigenvalue weighted by Gasteiger charge is -2.11. The van der Waals surface area contributed by atoms with E-state index in [4.69, 9.17) is 0 Å². The Morgan fingerprint density at radius 3 is 1.71 bits per heavy atom. The molecule has 0 spiro atoms. The molecule has 0 atom stereocenters. The van der Waals surface area contributed by atoms with E-state index in [1.165, 1.54) is 30.4 Å². The first kappa shape index (κ1) is 15.9. The quantitative estimate of drug-likeness (QED) is 0.479. The Morgan fingerprint density at radius 2 is 1.43 bits per heavy atom. The second-order valence-corrected chi connectivity index (χ2v) is 3.66. The molecule has 0 amide bonds. The molecule has 84 valence electrons. The highest BCUT2D eigenvalue weighted by Gasteiger charge is 2.01. The Morgan fingerprint density at radius 1 is 1.00 bits per heavy atom. The zero-order chi connectivity index (χ0) is 11.6. The third-order valence-corrected chi connectivity index (χ3v) is 2.03. The Bertz CT molecular complexity index is 182. The van der Waals surface area contributed by atoms with Crippen molar-refractivity contribution in [3.8, 4) is 0 Å². The van der Waals surface area contributed by atoms with Crippen LogP contribution in [0.4, 0.5) is 0 Å². The molecule has 0 saturated carbocycles. The summed E-state index contributed by atoms with van der Waals surface area (Å²) in [6.07, 6.45) is 6.08. The molecule has 0 heterocycles. The van der Waals surface area contributed by atoms with E-state index in [2.05, 4.69) is 40.7 Å². The smallest absolute Gasteiger partial charge is 0.0280 e. The van der Waals surface area contributed by atoms with E-state index in [-0.39, 0.29) is 0 Å². The molecule has 14 heavy (non-hydrogen) atoms. The van der Waals surface area contributed by atoms with Crippen LogP contribution in [0.3, 0.4) is 0 Å². The average molecular weight is 196 g/mol. The first-order chi connectivity index (χ1) is 6.61. The highest BCUT2D eigenvalue weighted by Crippen LogP contribution is 2.22. The van der Waals surface area contributed by atoms with Crippen LogP contribution in [0.1, 0.15) is 67.7 Å². The van der Waals surface area contributed by atoms with Crippen molar-refractivity contribution in [1.29, 1.82) is 0 Å². The first-order valence-corrected chi connectivity index (χ1v) is 5.95. The summed E-state index contributed by atoms with van der Waals surface area (Å²) in [5.74, 6) is 0. The fourth-order valence-corrected chi connectivity index (χ4v) is 1.15. The summed E-state index contributed by atoms with van der Waals surface area (Å²) in [4.78, 5) is 0. The van der Waals surface area contributed by atoms with E-state index in [9.17, 15) is 0 Å². The summed E-state index contributed by atoms with van der Waals surface area (Å²) in [6.45, 7) is 14.9. The van der Waals surface area contributed by atoms with Crippen LogP contribution in [0.15, 0.2) is 22.8 Å². The van der Waals surface area contributed by atoms with Crippen LogP contribution in [-0.4, -0.2) is 0 Å². The van der Waals surface area contributed by atoms with Gasteiger partial charge in [-0.3, -0.25) is 0 Å². The summed E-state index contributed by atoms with van der Waals surface area (Å²) in [5, 5.41) is 0. The molecule has 1 aliphatic carbocycles. The summed E-state index contributed by atoms with van der Waals surface area (Å²) in [6, 6.07) is 0. The van der Waals surface area contributed by atoms with E-state index < -0.39 is 0 Å². The second-order valence-electron chi connectivity index (χ2n) is 3.66. The molecule has 0 nitrogen and oxygen atoms in total. The third kappa shape index (κ3) is 8.10. The maximum Gasteiger partial charge on any atom is -0.0280 e. The van der Waals surface area contributed by atoms with Crippen molar-refractivity contribution in [2.45, 2.75) is 67.7 Å². The normalized spacial score (nSPS) is 14.6. The molecular formula is C14H28. The van der Waals surface area contributed by atoms with Gasteiger partial charge in [-0.1, -0.05) is 56.9 Å². The van der Waals surface area contributed by atoms with Gasteiger partial charge in [0.05, 0.1) is 0 Å². The summed E-state index contributed by atoms with van der Waals surface area (Å²) >= 11 is 0. The van der Waals surface area contributed by atoms with Crippen LogP contribution in [0.25, 0.3) is 0 Å². The minimum Gasteiger partial charge on any atom is -0.0727 e. The highest BCUT2D eigenvalue weighted by molar-refractivity contribution is 5.29. The van der Waals surface area contributed by atoms with Gasteiger partial charge in [0, 0.05) is 0 Å². The Labute approximate surface area is 91.1 Å². The van der Waals surface area contributed by atoms with E-state index in [1.54, 1.807) is 5.57 Å². The van der Waals surface area contributed by atoms with Crippen molar-refractivity contribution < 1.29 is 0 Å². The fraction of sp³-hybridized carbons (Fsp3) is 0.714. The largest absolute Gasteiger partial charge is 0.0727 e. The molecule has 1 aliphatic rings. The van der Waals surface area contributed by atoms with Gasteiger partial charge in [0.1, 0.15) is 0 Å². The van der Waals surface area contributed by atoms with Crippen molar-refractivity contribution in [2.24, 2.45) is 0 Å². The van der Waals surface area contributed by atoms with E-state index in [0.717, 1.165) is 0 Å². The lowest BCUT2D eigenvalue weighted by Crippen LogP contribution is -1.91. The van der Waals surface area contributed by atoms with Crippen molar-refractivity contribution >= 4 is 0 Å². The molecule has 0 N–H and O–H groups in total. The molecule has 0 radical (unpaired) electrons. The van der Waals surface area contributed by atoms with Crippen LogP contribution in [0.5, 0.6) is 0 Å². The van der Waals surface area contributed by atoms with Crippen LogP contribution in [-0.2, 0) is 0 Å². The fourth-order valence-electron chi connectivity index (χ4n) is 1.15. The van der Waals surface area contributed by atoms with Crippen molar-refractivity contribution in [3.63, 3.8) is 0 Å². The number of hydrogen-bond acceptors (Lipinski definition) is 0. The number of rotatable bonds is 0. The van der Waals surface area contributed by atoms with Crippen LogP contribution in [0.2, 0.25) is 0 Å². The van der Waals surface area contributed by atoms with E-state index in [1.807, 2.05) is 13.8 Å². The maximum absolute atomic E-state index is 2.29. The lowest BCUT2D eigenvalue weighted by molar-refractivity contribution is 0.887. The van der Waals surface area contributed by atoms with Crippen LogP contribution < -0.4 is 0 Å². The van der Waals surface area contributed by atoms with Gasteiger partial charge < -0.3 is 0 Å². The topological polar surface area (TPSA) is 0 Å². The molecule has 0 bridgehead atoms. The average Bonchev–Trinajstić information content (AvgIpc) is 2.17. The summed E-state index contributed by atoms with van der Waals surface area (Å²) < 4.78 is 0. The standard InChI is InChI=1S/C9H14.C3H8.C2H6/c1-7-4-5-8(2)9(3)6-7;1-3-2;1-2/h6H,4-5H2,1-3H3;3H2,1-2H3;1-2H3. The predicted octanol–water partition coefficient (Wildman–Crippen LogP) is 5.51. The van der Waals surface area contributed by atoms with E-state index >= 15 is 0 Å². The van der Waals surface area contributed by atoms with Gasteiger partial charge in [0.2, 0.25) is 0 Å². The van der Waals surface area contributed by atoms with Gasteiger partial charge in [-0.05, 0) is 33.6 Å². The van der Waals surface area contributed by atoms with Gasteiger partial charge in [-0.25, -0.2) is 0 Å². The molecule has 0 heteroatoms. The van der Waals surface area contributed by atoms with Gasteiger partial charge in [0.25, 0.3) is 0 Å². The van der Waals surface area contributed by atoms with Crippen LogP contribution in [0, 0.1) is 0 Å². The van der Waals surface area contributed by atoms with Gasteiger partial charge in [-0.2, -0.15) is 0 Å². The van der Waals surface area contributed by atoms with Gasteiger partial charge in [0.15, 0.2) is 0 Å². The summed E-state index contributed by atoms with van der Waals surface area (Å²) in [5.41, 5.74) is 4.55. The lowest BCUT2D eigenvalue weighted by atomic mass is 9.95. The first-order valence-electron chi connectivity index (χ1n) is 5.95. The Hall–Kier alpha value is -0.520. The number of hydrogen-bond donors (Lipinski definition) is 0. The molecule has 0 aromatic rings. The molecule has 0 saturated heterocycles. The summed E-state index contributed by atoms with van der Waals surface area (Å²) in [7, 11) is 0. The Balaban J connectivity index is 0. The minimum absolute atomic E-state index is 1.25. The molecule has 0 aliphatic heterocycles. The molecule has 1 rings (SSSR count). The van der Waals surface area contributed by atoms with Crippen LogP contribution >= 0.6 is 0 Å². The zero-order valence-electron chi connectivity index (χ0n) is 11.2. The Kier molecular flexibility index (Phi) is 12.0. The van der Waals surface area contributed by atoms with Crippen molar-refractivity contribution in [2.75, 3.05) is 0 Å². The second kappa shape index (κ2) is 10.6. The van der Waals surface area contributed by atoms with Gasteiger partial charge >= 0.3 is 0 Å². The van der Waals surface area contributed by atoms with Gasteiger partial charge in [-0.15, -0.1) is 0 Å². The molecular weight excluding hydrogens is 168 g/mol. The minimum atomic E-state index is 1.25. The molecule has 0 unspecified atom stereocenters. The maximum atomic E-state index is 2.29. The monoisotopic (exact) mass is 196 g/mol.